The van der Waals surface area contributed by atoms with Gasteiger partial charge in [-0.05, 0) is 5.75 Å². The fourth-order valence-electron chi connectivity index (χ4n) is 0.437. The summed E-state index contributed by atoms with van der Waals surface area (Å²) < 4.78 is 1.98. The molecule has 0 amide bonds. The molecule has 0 aliphatic carbocycles. The Bertz CT molecular complexity index is 199. The second-order valence-electron chi connectivity index (χ2n) is 1.41. The molecule has 0 aromatic carbocycles. The Morgan fingerprint density at radius 1 is 1.50 bits per heavy atom. The first-order valence-electron chi connectivity index (χ1n) is 2.75. The van der Waals surface area contributed by atoms with E-state index in [-0.39, 0.29) is 0 Å². The van der Waals surface area contributed by atoms with Crippen molar-refractivity contribution in [2.45, 2.75) is 15.6 Å². The number of rotatable bonds is 3. The molecule has 0 unspecified atom stereocenters. The van der Waals surface area contributed by atoms with Crippen LogP contribution in [0.1, 0.15) is 6.92 Å². The lowest BCUT2D eigenvalue weighted by Gasteiger charge is -1.83. The number of nitrogens with zero attached hydrogens (tertiary/aromatic N) is 2. The van der Waals surface area contributed by atoms with Gasteiger partial charge in [0.2, 0.25) is 0 Å². The summed E-state index contributed by atoms with van der Waals surface area (Å²) in [4.78, 5) is 0. The van der Waals surface area contributed by atoms with Crippen LogP contribution in [0.5, 0.6) is 0 Å². The van der Waals surface area contributed by atoms with Crippen molar-refractivity contribution in [1.29, 1.82) is 0 Å². The van der Waals surface area contributed by atoms with E-state index in [2.05, 4.69) is 23.4 Å². The van der Waals surface area contributed by atoms with Crippen LogP contribution in [0.2, 0.25) is 0 Å². The topological polar surface area (TPSA) is 25.8 Å². The molecule has 0 atom stereocenters. The van der Waals surface area contributed by atoms with Gasteiger partial charge in [-0.2, -0.15) is 0 Å². The summed E-state index contributed by atoms with van der Waals surface area (Å²) in [7, 11) is 0. The Hall–Kier alpha value is 0.260. The van der Waals surface area contributed by atoms with Crippen molar-refractivity contribution in [3.05, 3.63) is 6.26 Å². The molecule has 10 heavy (non-hydrogen) atoms. The normalized spacial score (nSPS) is 10.2. The molecule has 0 aliphatic heterocycles. The highest BCUT2D eigenvalue weighted by Crippen LogP contribution is 2.27. The minimum atomic E-state index is 0.941. The Morgan fingerprint density at radius 3 is 2.70 bits per heavy atom. The molecule has 1 rings (SSSR count). The molecule has 1 radical (unpaired) electrons. The first kappa shape index (κ1) is 8.36. The van der Waals surface area contributed by atoms with Crippen molar-refractivity contribution in [3.8, 4) is 0 Å². The van der Waals surface area contributed by atoms with Gasteiger partial charge in [0.25, 0.3) is 0 Å². The van der Waals surface area contributed by atoms with Crippen LogP contribution in [0.4, 0.5) is 0 Å². The van der Waals surface area contributed by atoms with Crippen LogP contribution in [-0.4, -0.2) is 16.0 Å². The lowest BCUT2D eigenvalue weighted by atomic mass is 11.0. The average Bonchev–Trinajstić information content (AvgIpc) is 2.37. The second-order valence-corrected chi connectivity index (χ2v) is 4.83. The summed E-state index contributed by atoms with van der Waals surface area (Å²) in [6.45, 7) is 2.10. The minimum Gasteiger partial charge on any atom is -0.131 e. The number of hydrogen-bond donors (Lipinski definition) is 0. The van der Waals surface area contributed by atoms with Crippen LogP contribution >= 0.6 is 34.9 Å². The molecule has 2 nitrogen and oxygen atoms in total. The fourth-order valence-corrected chi connectivity index (χ4v) is 2.65. The van der Waals surface area contributed by atoms with Crippen molar-refractivity contribution in [2.24, 2.45) is 0 Å². The van der Waals surface area contributed by atoms with Crippen LogP contribution < -0.4 is 0 Å². The molecule has 5 heteroatoms. The van der Waals surface area contributed by atoms with E-state index in [0.29, 0.717) is 0 Å². The van der Waals surface area contributed by atoms with Gasteiger partial charge in [0.1, 0.15) is 0 Å². The molecule has 0 bridgehead atoms. The third-order valence-corrected chi connectivity index (χ3v) is 3.44. The number of aromatic nitrogens is 2. The zero-order valence-electron chi connectivity index (χ0n) is 5.53. The van der Waals surface area contributed by atoms with Crippen molar-refractivity contribution in [1.82, 2.24) is 10.2 Å². The van der Waals surface area contributed by atoms with Crippen molar-refractivity contribution in [2.75, 3.05) is 5.75 Å². The molecule has 0 N–H and O–H groups in total. The van der Waals surface area contributed by atoms with Crippen LogP contribution in [-0.2, 0) is 0 Å². The predicted octanol–water partition coefficient (Wildman–Crippen LogP) is 2.53. The van der Waals surface area contributed by atoms with Crippen LogP contribution in [0.3, 0.4) is 0 Å². The van der Waals surface area contributed by atoms with Crippen molar-refractivity contribution < 1.29 is 0 Å². The fraction of sp³-hybridized carbons (Fsp3) is 0.400. The van der Waals surface area contributed by atoms with Gasteiger partial charge in [0.05, 0.1) is 0 Å². The van der Waals surface area contributed by atoms with Gasteiger partial charge in [-0.3, -0.25) is 0 Å². The standard InChI is InChI=1S/C5H7N2S3/c1-3-9-5-7-6-4(8-2)10-5/h2-3H2,1H3. The monoisotopic (exact) mass is 191 g/mol. The first-order valence-corrected chi connectivity index (χ1v) is 5.54. The SMILES string of the molecule is [CH2]Sc1nnc(SCC)s1. The third kappa shape index (κ3) is 2.14. The molecule has 0 saturated heterocycles. The Balaban J connectivity index is 2.59. The van der Waals surface area contributed by atoms with E-state index >= 15 is 0 Å². The highest BCUT2D eigenvalue weighted by molar-refractivity contribution is 8.03. The molecule has 0 fully saturated rings. The lowest BCUT2D eigenvalue weighted by Crippen LogP contribution is -1.70. The molecule has 1 heterocycles. The van der Waals surface area contributed by atoms with Crippen molar-refractivity contribution >= 4 is 34.9 Å². The first-order chi connectivity index (χ1) is 4.86. The van der Waals surface area contributed by atoms with Crippen LogP contribution in [0.25, 0.3) is 0 Å². The predicted molar refractivity (Wildman–Crippen MR) is 47.5 cm³/mol. The highest BCUT2D eigenvalue weighted by Gasteiger charge is 2.00. The Kier molecular flexibility index (Phi) is 3.51. The summed E-state index contributed by atoms with van der Waals surface area (Å²) >= 11 is 4.71. The second kappa shape index (κ2) is 4.20. The molecule has 0 spiro atoms. The van der Waals surface area contributed by atoms with Gasteiger partial charge < -0.3 is 0 Å². The molecule has 1 aromatic heterocycles. The maximum atomic E-state index is 3.95. The summed E-state index contributed by atoms with van der Waals surface area (Å²) in [5, 5.41) is 7.85. The van der Waals surface area contributed by atoms with Gasteiger partial charge in [-0.15, -0.1) is 10.2 Å². The third-order valence-electron chi connectivity index (χ3n) is 0.779. The van der Waals surface area contributed by atoms with Gasteiger partial charge >= 0.3 is 0 Å². The van der Waals surface area contributed by atoms with Crippen LogP contribution in [0, 0.1) is 6.26 Å². The van der Waals surface area contributed by atoms with E-state index in [1.165, 1.54) is 11.8 Å². The van der Waals surface area contributed by atoms with Crippen molar-refractivity contribution in [3.63, 3.8) is 0 Å². The van der Waals surface area contributed by atoms with E-state index < -0.39 is 0 Å². The maximum absolute atomic E-state index is 3.95. The molecule has 0 saturated carbocycles. The van der Waals surface area contributed by atoms with Gasteiger partial charge in [0, 0.05) is 6.26 Å². The minimum absolute atomic E-state index is 0.941. The van der Waals surface area contributed by atoms with E-state index in [9.17, 15) is 0 Å². The summed E-state index contributed by atoms with van der Waals surface area (Å²) in [5.74, 6) is 1.05. The summed E-state index contributed by atoms with van der Waals surface area (Å²) in [5.41, 5.74) is 0. The molecular formula is C5H7N2S3. The van der Waals surface area contributed by atoms with Gasteiger partial charge in [-0.25, -0.2) is 0 Å². The zero-order valence-corrected chi connectivity index (χ0v) is 7.98. The molecular weight excluding hydrogens is 184 g/mol. The molecule has 55 valence electrons. The molecule has 0 aliphatic rings. The smallest absolute Gasteiger partial charge is 0.131 e. The van der Waals surface area contributed by atoms with Crippen LogP contribution in [0.15, 0.2) is 8.68 Å². The highest BCUT2D eigenvalue weighted by atomic mass is 32.2. The number of thioether (sulfide) groups is 2. The molecule has 1 aromatic rings. The summed E-state index contributed by atoms with van der Waals surface area (Å²) in [6, 6.07) is 0. The quantitative estimate of drug-likeness (QED) is 0.686. The number of hydrogen-bond acceptors (Lipinski definition) is 5. The Morgan fingerprint density at radius 2 is 2.20 bits per heavy atom. The average molecular weight is 191 g/mol. The largest absolute Gasteiger partial charge is 0.175 e. The van der Waals surface area contributed by atoms with E-state index in [1.54, 1.807) is 23.1 Å². The Labute approximate surface area is 72.8 Å². The van der Waals surface area contributed by atoms with E-state index in [1.807, 2.05) is 0 Å². The van der Waals surface area contributed by atoms with Gasteiger partial charge in [0.15, 0.2) is 8.68 Å². The maximum Gasteiger partial charge on any atom is 0.175 e. The summed E-state index contributed by atoms with van der Waals surface area (Å²) in [6.07, 6.45) is 3.64. The van der Waals surface area contributed by atoms with E-state index in [4.69, 9.17) is 0 Å². The van der Waals surface area contributed by atoms with Gasteiger partial charge in [-0.1, -0.05) is 41.8 Å². The lowest BCUT2D eigenvalue weighted by molar-refractivity contribution is 0.956. The zero-order chi connectivity index (χ0) is 7.40. The van der Waals surface area contributed by atoms with E-state index in [0.717, 1.165) is 14.4 Å².